The number of hydrogen-bond donors (Lipinski definition) is 1. The Hall–Kier alpha value is -1.49. The highest BCUT2D eigenvalue weighted by Crippen LogP contribution is 2.13. The highest BCUT2D eigenvalue weighted by molar-refractivity contribution is 7.11. The molecule has 0 unspecified atom stereocenters. The zero-order chi connectivity index (χ0) is 13.0. The molecule has 0 radical (unpaired) electrons. The van der Waals surface area contributed by atoms with Gasteiger partial charge in [0.15, 0.2) is 0 Å². The van der Waals surface area contributed by atoms with Crippen LogP contribution in [0.25, 0.3) is 0 Å². The molecule has 0 aliphatic rings. The molecule has 2 rings (SSSR count). The summed E-state index contributed by atoms with van der Waals surface area (Å²) in [7, 11) is 0. The van der Waals surface area contributed by atoms with Crippen molar-refractivity contribution in [2.75, 3.05) is 11.9 Å². The van der Waals surface area contributed by atoms with Crippen molar-refractivity contribution in [3.8, 4) is 0 Å². The molecule has 0 bridgehead atoms. The molecule has 1 N–H and O–H groups in total. The summed E-state index contributed by atoms with van der Waals surface area (Å²) < 4.78 is 0. The quantitative estimate of drug-likeness (QED) is 0.900. The van der Waals surface area contributed by atoms with Crippen molar-refractivity contribution < 1.29 is 0 Å². The van der Waals surface area contributed by atoms with E-state index < -0.39 is 0 Å². The van der Waals surface area contributed by atoms with E-state index in [9.17, 15) is 0 Å². The van der Waals surface area contributed by atoms with E-state index in [1.165, 1.54) is 9.88 Å². The second-order valence-corrected chi connectivity index (χ2v) is 5.42. The van der Waals surface area contributed by atoms with Crippen molar-refractivity contribution >= 4 is 17.3 Å². The fourth-order valence-electron chi connectivity index (χ4n) is 1.71. The van der Waals surface area contributed by atoms with Crippen molar-refractivity contribution in [2.45, 2.75) is 33.6 Å². The lowest BCUT2D eigenvalue weighted by Crippen LogP contribution is -2.08. The Bertz CT molecular complexity index is 501. The highest BCUT2D eigenvalue weighted by atomic mass is 32.1. The van der Waals surface area contributed by atoms with Gasteiger partial charge in [0.2, 0.25) is 5.95 Å². The summed E-state index contributed by atoms with van der Waals surface area (Å²) in [6.07, 6.45) is 3.94. The van der Waals surface area contributed by atoms with Gasteiger partial charge in [-0.25, -0.2) is 15.0 Å². The lowest BCUT2D eigenvalue weighted by molar-refractivity contribution is 0.952. The molecular formula is C13H18N4S. The van der Waals surface area contributed by atoms with Crippen LogP contribution in [0.2, 0.25) is 0 Å². The number of nitrogens with zero attached hydrogens (tertiary/aromatic N) is 3. The summed E-state index contributed by atoms with van der Waals surface area (Å²) in [5.41, 5.74) is 1.99. The Morgan fingerprint density at radius 2 is 1.94 bits per heavy atom. The van der Waals surface area contributed by atoms with Gasteiger partial charge in [0.1, 0.15) is 0 Å². The normalized spacial score (nSPS) is 10.6. The molecule has 4 nitrogen and oxygen atoms in total. The van der Waals surface area contributed by atoms with E-state index >= 15 is 0 Å². The fourth-order valence-corrected chi connectivity index (χ4v) is 2.58. The maximum Gasteiger partial charge on any atom is 0.223 e. The van der Waals surface area contributed by atoms with Crippen molar-refractivity contribution in [1.82, 2.24) is 15.0 Å². The molecular weight excluding hydrogens is 244 g/mol. The van der Waals surface area contributed by atoms with E-state index in [-0.39, 0.29) is 0 Å². The average Bonchev–Trinajstić information content (AvgIpc) is 2.76. The van der Waals surface area contributed by atoms with Gasteiger partial charge in [-0.05, 0) is 26.3 Å². The monoisotopic (exact) mass is 262 g/mol. The molecule has 0 fully saturated rings. The molecule has 18 heavy (non-hydrogen) atoms. The summed E-state index contributed by atoms with van der Waals surface area (Å²) in [5.74, 6) is 0.708. The predicted octanol–water partition coefficient (Wildman–Crippen LogP) is 2.77. The van der Waals surface area contributed by atoms with E-state index in [2.05, 4.69) is 27.2 Å². The molecule has 5 heteroatoms. The number of thiazole rings is 1. The van der Waals surface area contributed by atoms with E-state index in [1.807, 2.05) is 26.1 Å². The number of aromatic nitrogens is 3. The zero-order valence-electron chi connectivity index (χ0n) is 11.0. The first-order chi connectivity index (χ1) is 8.67. The van der Waals surface area contributed by atoms with Gasteiger partial charge in [-0.1, -0.05) is 6.92 Å². The van der Waals surface area contributed by atoms with Gasteiger partial charge >= 0.3 is 0 Å². The van der Waals surface area contributed by atoms with Crippen molar-refractivity contribution in [1.29, 1.82) is 0 Å². The molecule has 2 heterocycles. The summed E-state index contributed by atoms with van der Waals surface area (Å²) in [4.78, 5) is 14.4. The second kappa shape index (κ2) is 5.91. The molecule has 0 spiro atoms. The first-order valence-electron chi connectivity index (χ1n) is 6.17. The molecule has 0 aromatic carbocycles. The third kappa shape index (κ3) is 3.50. The molecule has 2 aromatic rings. The van der Waals surface area contributed by atoms with E-state index in [1.54, 1.807) is 11.3 Å². The van der Waals surface area contributed by atoms with Gasteiger partial charge in [0.05, 0.1) is 5.01 Å². The maximum absolute atomic E-state index is 4.39. The van der Waals surface area contributed by atoms with Gasteiger partial charge in [0, 0.05) is 35.4 Å². The molecule has 0 saturated heterocycles. The Labute approximate surface area is 112 Å². The molecule has 0 saturated carbocycles. The SMILES string of the molecule is CCc1cnc(CCNc2nc(C)cc(C)n2)s1. The lowest BCUT2D eigenvalue weighted by Gasteiger charge is -2.05. The van der Waals surface area contributed by atoms with Gasteiger partial charge in [0.25, 0.3) is 0 Å². The average molecular weight is 262 g/mol. The van der Waals surface area contributed by atoms with Crippen LogP contribution in [0.1, 0.15) is 28.2 Å². The zero-order valence-corrected chi connectivity index (χ0v) is 11.8. The van der Waals surface area contributed by atoms with Crippen LogP contribution < -0.4 is 5.32 Å². The highest BCUT2D eigenvalue weighted by Gasteiger charge is 2.02. The molecule has 0 aliphatic heterocycles. The third-order valence-electron chi connectivity index (χ3n) is 2.55. The Morgan fingerprint density at radius 1 is 1.22 bits per heavy atom. The number of rotatable bonds is 5. The lowest BCUT2D eigenvalue weighted by atomic mass is 10.3. The number of nitrogens with one attached hydrogen (secondary N) is 1. The van der Waals surface area contributed by atoms with Gasteiger partial charge in [-0.3, -0.25) is 0 Å². The van der Waals surface area contributed by atoms with Gasteiger partial charge in [-0.2, -0.15) is 0 Å². The second-order valence-electron chi connectivity index (χ2n) is 4.22. The smallest absolute Gasteiger partial charge is 0.223 e. The minimum absolute atomic E-state index is 0.708. The van der Waals surface area contributed by atoms with Crippen molar-refractivity contribution in [3.63, 3.8) is 0 Å². The minimum Gasteiger partial charge on any atom is -0.354 e. The standard InChI is InChI=1S/C13H18N4S/c1-4-11-8-15-12(18-11)5-6-14-13-16-9(2)7-10(3)17-13/h7-8H,4-6H2,1-3H3,(H,14,16,17). The first-order valence-corrected chi connectivity index (χ1v) is 6.98. The number of aryl methyl sites for hydroxylation is 3. The van der Waals surface area contributed by atoms with E-state index in [4.69, 9.17) is 0 Å². The van der Waals surface area contributed by atoms with Crippen LogP contribution in [0.4, 0.5) is 5.95 Å². The van der Waals surface area contributed by atoms with Crippen molar-refractivity contribution in [3.05, 3.63) is 33.5 Å². The summed E-state index contributed by atoms with van der Waals surface area (Å²) in [5, 5.41) is 4.42. The van der Waals surface area contributed by atoms with Crippen LogP contribution in [0.3, 0.4) is 0 Å². The largest absolute Gasteiger partial charge is 0.354 e. The fraction of sp³-hybridized carbons (Fsp3) is 0.462. The Kier molecular flexibility index (Phi) is 4.25. The molecule has 0 atom stereocenters. The first kappa shape index (κ1) is 13.0. The van der Waals surface area contributed by atoms with Crippen LogP contribution in [0, 0.1) is 13.8 Å². The van der Waals surface area contributed by atoms with Gasteiger partial charge in [-0.15, -0.1) is 11.3 Å². The van der Waals surface area contributed by atoms with Crippen LogP contribution in [0.5, 0.6) is 0 Å². The number of anilines is 1. The van der Waals surface area contributed by atoms with E-state index in [0.717, 1.165) is 30.8 Å². The van der Waals surface area contributed by atoms with E-state index in [0.29, 0.717) is 5.95 Å². The molecule has 2 aromatic heterocycles. The summed E-state index contributed by atoms with van der Waals surface area (Å²) in [6, 6.07) is 1.97. The van der Waals surface area contributed by atoms with Crippen LogP contribution in [-0.4, -0.2) is 21.5 Å². The Balaban J connectivity index is 1.88. The van der Waals surface area contributed by atoms with Gasteiger partial charge < -0.3 is 5.32 Å². The van der Waals surface area contributed by atoms with Crippen LogP contribution in [0.15, 0.2) is 12.3 Å². The Morgan fingerprint density at radius 3 is 2.56 bits per heavy atom. The summed E-state index contributed by atoms with van der Waals surface area (Å²) in [6.45, 7) is 6.93. The minimum atomic E-state index is 0.708. The maximum atomic E-state index is 4.39. The van der Waals surface area contributed by atoms with Crippen molar-refractivity contribution in [2.24, 2.45) is 0 Å². The molecule has 0 amide bonds. The molecule has 96 valence electrons. The molecule has 0 aliphatic carbocycles. The third-order valence-corrected chi connectivity index (χ3v) is 3.76. The topological polar surface area (TPSA) is 50.7 Å². The predicted molar refractivity (Wildman–Crippen MR) is 75.2 cm³/mol. The number of hydrogen-bond acceptors (Lipinski definition) is 5. The van der Waals surface area contributed by atoms with Crippen LogP contribution >= 0.6 is 11.3 Å². The summed E-state index contributed by atoms with van der Waals surface area (Å²) >= 11 is 1.78. The van der Waals surface area contributed by atoms with Crippen LogP contribution in [-0.2, 0) is 12.8 Å².